The van der Waals surface area contributed by atoms with Crippen LogP contribution in [0.4, 0.5) is 0 Å². The molecule has 0 saturated heterocycles. The maximum atomic E-state index is 11.9. The van der Waals surface area contributed by atoms with E-state index in [-0.39, 0.29) is 0 Å². The van der Waals surface area contributed by atoms with Gasteiger partial charge in [0.25, 0.3) is 0 Å². The Labute approximate surface area is 116 Å². The number of rotatable bonds is 3. The number of hydrogen-bond donors (Lipinski definition) is 0. The third kappa shape index (κ3) is 2.18. The van der Waals surface area contributed by atoms with Crippen LogP contribution in [0.15, 0.2) is 0 Å². The minimum absolute atomic E-state index is 0.305. The molecule has 19 heavy (non-hydrogen) atoms. The molecule has 0 N–H and O–H groups in total. The number of halogens is 1. The molecule has 2 aromatic rings. The lowest BCUT2D eigenvalue weighted by Gasteiger charge is -2.08. The van der Waals surface area contributed by atoms with E-state index in [0.717, 1.165) is 11.1 Å². The summed E-state index contributed by atoms with van der Waals surface area (Å²) in [6.45, 7) is 8.35. The molecular weight excluding hydrogens is 266 g/mol. The lowest BCUT2D eigenvalue weighted by Crippen LogP contribution is -2.10. The van der Waals surface area contributed by atoms with Gasteiger partial charge in [-0.15, -0.1) is 0 Å². The third-order valence-corrected chi connectivity index (χ3v) is 3.33. The van der Waals surface area contributed by atoms with Gasteiger partial charge < -0.3 is 4.74 Å². The normalized spacial score (nSPS) is 11.0. The average molecular weight is 282 g/mol. The second-order valence-electron chi connectivity index (χ2n) is 4.21. The molecule has 0 aliphatic carbocycles. The van der Waals surface area contributed by atoms with Crippen molar-refractivity contribution in [3.8, 4) is 0 Å². The van der Waals surface area contributed by atoms with Crippen LogP contribution in [0.5, 0.6) is 0 Å². The summed E-state index contributed by atoms with van der Waals surface area (Å²) < 4.78 is 6.80. The molecule has 0 fully saturated rings. The number of nitrogens with zero attached hydrogens (tertiary/aromatic N) is 3. The molecule has 0 radical (unpaired) electrons. The van der Waals surface area contributed by atoms with Gasteiger partial charge in [-0.25, -0.2) is 14.5 Å². The van der Waals surface area contributed by atoms with Gasteiger partial charge in [0.1, 0.15) is 5.56 Å². The predicted octanol–water partition coefficient (Wildman–Crippen LogP) is 2.90. The Morgan fingerprint density at radius 1 is 1.32 bits per heavy atom. The summed E-state index contributed by atoms with van der Waals surface area (Å²) in [7, 11) is 0. The van der Waals surface area contributed by atoms with Crippen LogP contribution in [-0.2, 0) is 11.3 Å². The highest BCUT2D eigenvalue weighted by Crippen LogP contribution is 2.30. The molecule has 2 rings (SSSR count). The Kier molecular flexibility index (Phi) is 3.75. The molecule has 6 heteroatoms. The van der Waals surface area contributed by atoms with E-state index in [1.807, 2.05) is 13.8 Å². The number of carbonyl (C=O) groups is 1. The minimum atomic E-state index is -0.442. The summed E-state index contributed by atoms with van der Waals surface area (Å²) in [5.41, 5.74) is 2.36. The fraction of sp³-hybridized carbons (Fsp3) is 0.462. The molecule has 0 atom stereocenters. The Balaban J connectivity index is 2.75. The first-order valence-corrected chi connectivity index (χ1v) is 6.59. The Bertz CT molecular complexity index is 649. The second-order valence-corrected chi connectivity index (χ2v) is 4.58. The Morgan fingerprint density at radius 2 is 2.00 bits per heavy atom. The number of ether oxygens (including phenoxy) is 1. The maximum absolute atomic E-state index is 11.9. The van der Waals surface area contributed by atoms with Crippen molar-refractivity contribution in [3.63, 3.8) is 0 Å². The van der Waals surface area contributed by atoms with Crippen LogP contribution in [0.25, 0.3) is 11.0 Å². The van der Waals surface area contributed by atoms with Gasteiger partial charge in [-0.1, -0.05) is 11.6 Å². The summed E-state index contributed by atoms with van der Waals surface area (Å²) in [6, 6.07) is 0. The van der Waals surface area contributed by atoms with E-state index in [0.29, 0.717) is 35.1 Å². The van der Waals surface area contributed by atoms with Crippen molar-refractivity contribution in [2.45, 2.75) is 34.2 Å². The molecule has 0 unspecified atom stereocenters. The fourth-order valence-corrected chi connectivity index (χ4v) is 2.53. The highest BCUT2D eigenvalue weighted by molar-refractivity contribution is 6.38. The molecule has 0 aliphatic heterocycles. The second kappa shape index (κ2) is 5.17. The summed E-state index contributed by atoms with van der Waals surface area (Å²) in [5.74, 6) is -0.442. The van der Waals surface area contributed by atoms with Gasteiger partial charge in [-0.3, -0.25) is 0 Å². The van der Waals surface area contributed by atoms with Gasteiger partial charge in [0.15, 0.2) is 5.65 Å². The van der Waals surface area contributed by atoms with E-state index in [2.05, 4.69) is 10.1 Å². The molecule has 0 spiro atoms. The first kappa shape index (κ1) is 13.8. The number of esters is 1. The standard InChI is InChI=1S/C13H16ClN3O2/c1-5-17-12-9(8(4)16-17)11(14)10(7(3)15-12)13(18)19-6-2/h5-6H2,1-4H3. The number of aromatic nitrogens is 3. The average Bonchev–Trinajstić information content (AvgIpc) is 2.66. The van der Waals surface area contributed by atoms with Crippen LogP contribution in [0.1, 0.15) is 35.6 Å². The SMILES string of the molecule is CCOC(=O)c1c(C)nc2c(c(C)nn2CC)c1Cl. The van der Waals surface area contributed by atoms with Crippen molar-refractivity contribution in [2.24, 2.45) is 0 Å². The highest BCUT2D eigenvalue weighted by atomic mass is 35.5. The van der Waals surface area contributed by atoms with Gasteiger partial charge in [-0.05, 0) is 27.7 Å². The number of carbonyl (C=O) groups excluding carboxylic acids is 1. The van der Waals surface area contributed by atoms with E-state index in [4.69, 9.17) is 16.3 Å². The van der Waals surface area contributed by atoms with E-state index in [1.54, 1.807) is 18.5 Å². The lowest BCUT2D eigenvalue weighted by molar-refractivity contribution is 0.0525. The monoisotopic (exact) mass is 281 g/mol. The molecule has 0 aliphatic rings. The van der Waals surface area contributed by atoms with Gasteiger partial charge in [0.05, 0.1) is 28.4 Å². The topological polar surface area (TPSA) is 57.0 Å². The summed E-state index contributed by atoms with van der Waals surface area (Å²) in [6.07, 6.45) is 0. The van der Waals surface area contributed by atoms with Crippen molar-refractivity contribution in [1.29, 1.82) is 0 Å². The largest absolute Gasteiger partial charge is 0.462 e. The van der Waals surface area contributed by atoms with Crippen molar-refractivity contribution in [1.82, 2.24) is 14.8 Å². The van der Waals surface area contributed by atoms with Crippen molar-refractivity contribution in [3.05, 3.63) is 22.0 Å². The number of pyridine rings is 1. The van der Waals surface area contributed by atoms with Crippen LogP contribution >= 0.6 is 11.6 Å². The highest BCUT2D eigenvalue weighted by Gasteiger charge is 2.22. The first-order chi connectivity index (χ1) is 9.01. The van der Waals surface area contributed by atoms with Crippen LogP contribution in [0.2, 0.25) is 5.02 Å². The van der Waals surface area contributed by atoms with Crippen LogP contribution < -0.4 is 0 Å². The van der Waals surface area contributed by atoms with Crippen molar-refractivity contribution < 1.29 is 9.53 Å². The predicted molar refractivity (Wildman–Crippen MR) is 73.6 cm³/mol. The molecule has 0 bridgehead atoms. The third-order valence-electron chi connectivity index (χ3n) is 2.95. The van der Waals surface area contributed by atoms with E-state index in [9.17, 15) is 4.79 Å². The zero-order chi connectivity index (χ0) is 14.2. The fourth-order valence-electron chi connectivity index (χ4n) is 2.10. The summed E-state index contributed by atoms with van der Waals surface area (Å²) in [4.78, 5) is 16.4. The zero-order valence-electron chi connectivity index (χ0n) is 11.5. The molecule has 0 amide bonds. The zero-order valence-corrected chi connectivity index (χ0v) is 12.2. The van der Waals surface area contributed by atoms with Crippen LogP contribution in [-0.4, -0.2) is 27.3 Å². The van der Waals surface area contributed by atoms with E-state index >= 15 is 0 Å². The smallest absolute Gasteiger partial charge is 0.341 e. The van der Waals surface area contributed by atoms with Crippen LogP contribution in [0.3, 0.4) is 0 Å². The Hall–Kier alpha value is -1.62. The molecule has 5 nitrogen and oxygen atoms in total. The summed E-state index contributed by atoms with van der Waals surface area (Å²) >= 11 is 6.36. The van der Waals surface area contributed by atoms with Gasteiger partial charge >= 0.3 is 5.97 Å². The number of aryl methyl sites for hydroxylation is 3. The van der Waals surface area contributed by atoms with Crippen molar-refractivity contribution in [2.75, 3.05) is 6.61 Å². The molecule has 102 valence electrons. The molecule has 0 aromatic carbocycles. The Morgan fingerprint density at radius 3 is 2.58 bits per heavy atom. The van der Waals surface area contributed by atoms with Crippen molar-refractivity contribution >= 4 is 28.6 Å². The van der Waals surface area contributed by atoms with E-state index < -0.39 is 5.97 Å². The van der Waals surface area contributed by atoms with Gasteiger partial charge in [0.2, 0.25) is 0 Å². The molecular formula is C13H16ClN3O2. The maximum Gasteiger partial charge on any atom is 0.341 e. The molecule has 2 aromatic heterocycles. The van der Waals surface area contributed by atoms with Crippen LogP contribution in [0, 0.1) is 13.8 Å². The quantitative estimate of drug-likeness (QED) is 0.812. The summed E-state index contributed by atoms with van der Waals surface area (Å²) in [5, 5.41) is 5.47. The molecule has 0 saturated carbocycles. The number of hydrogen-bond acceptors (Lipinski definition) is 4. The number of fused-ring (bicyclic) bond motifs is 1. The van der Waals surface area contributed by atoms with E-state index in [1.165, 1.54) is 0 Å². The van der Waals surface area contributed by atoms with Gasteiger partial charge in [0, 0.05) is 6.54 Å². The van der Waals surface area contributed by atoms with Gasteiger partial charge in [-0.2, -0.15) is 5.10 Å². The lowest BCUT2D eigenvalue weighted by atomic mass is 10.1. The first-order valence-electron chi connectivity index (χ1n) is 6.21. The molecule has 2 heterocycles. The minimum Gasteiger partial charge on any atom is -0.462 e.